The normalized spacial score (nSPS) is 10.1. The summed E-state index contributed by atoms with van der Waals surface area (Å²) in [6.45, 7) is -0.633. The van der Waals surface area contributed by atoms with Crippen molar-refractivity contribution >= 4 is 23.1 Å². The zero-order valence-electron chi connectivity index (χ0n) is 13.9. The van der Waals surface area contributed by atoms with Crippen LogP contribution in [0.3, 0.4) is 0 Å². The second-order valence-corrected chi connectivity index (χ2v) is 5.09. The molecule has 1 N–H and O–H groups in total. The van der Waals surface area contributed by atoms with Crippen molar-refractivity contribution in [3.8, 4) is 5.75 Å². The van der Waals surface area contributed by atoms with E-state index in [4.69, 9.17) is 9.47 Å². The van der Waals surface area contributed by atoms with E-state index in [9.17, 15) is 24.1 Å². The third-order valence-corrected chi connectivity index (χ3v) is 3.51. The van der Waals surface area contributed by atoms with Gasteiger partial charge in [-0.2, -0.15) is 0 Å². The number of nitro benzene ring substituents is 1. The van der Waals surface area contributed by atoms with Crippen molar-refractivity contribution in [1.29, 1.82) is 0 Å². The topological polar surface area (TPSA) is 108 Å². The van der Waals surface area contributed by atoms with Crippen molar-refractivity contribution in [1.82, 2.24) is 0 Å². The summed E-state index contributed by atoms with van der Waals surface area (Å²) in [5, 5.41) is 13.6. The van der Waals surface area contributed by atoms with Crippen LogP contribution in [0, 0.1) is 15.9 Å². The van der Waals surface area contributed by atoms with Gasteiger partial charge in [0.2, 0.25) is 0 Å². The summed E-state index contributed by atoms with van der Waals surface area (Å²) in [6.07, 6.45) is 0. The maximum atomic E-state index is 13.6. The second kappa shape index (κ2) is 8.06. The van der Waals surface area contributed by atoms with Gasteiger partial charge in [0.25, 0.3) is 5.69 Å². The van der Waals surface area contributed by atoms with E-state index in [1.54, 1.807) is 0 Å². The number of anilines is 1. The van der Waals surface area contributed by atoms with Crippen LogP contribution in [0.15, 0.2) is 36.4 Å². The summed E-state index contributed by atoms with van der Waals surface area (Å²) in [6, 6.07) is 7.33. The summed E-state index contributed by atoms with van der Waals surface area (Å²) >= 11 is 0. The first-order chi connectivity index (χ1) is 12.4. The fraction of sp³-hybridized carbons (Fsp3) is 0.176. The van der Waals surface area contributed by atoms with Crippen LogP contribution in [0.2, 0.25) is 0 Å². The van der Waals surface area contributed by atoms with Gasteiger partial charge in [0.1, 0.15) is 5.69 Å². The number of carbonyl (C=O) groups excluding carboxylic acids is 2. The average Bonchev–Trinajstić information content (AvgIpc) is 2.64. The Kier molecular flexibility index (Phi) is 5.84. The zero-order valence-corrected chi connectivity index (χ0v) is 13.9. The minimum Gasteiger partial charge on any atom is -0.494 e. The highest BCUT2D eigenvalue weighted by Gasteiger charge is 2.19. The van der Waals surface area contributed by atoms with Crippen LogP contribution in [-0.2, 0) is 4.74 Å². The number of esters is 1. The van der Waals surface area contributed by atoms with Crippen molar-refractivity contribution in [2.45, 2.75) is 0 Å². The lowest BCUT2D eigenvalue weighted by Gasteiger charge is -2.07. The first kappa shape index (κ1) is 18.8. The largest absolute Gasteiger partial charge is 0.494 e. The Hall–Kier alpha value is -3.49. The quantitative estimate of drug-likeness (QED) is 0.349. The van der Waals surface area contributed by atoms with Gasteiger partial charge in [-0.1, -0.05) is 0 Å². The van der Waals surface area contributed by atoms with E-state index in [0.29, 0.717) is 0 Å². The third kappa shape index (κ3) is 4.12. The van der Waals surface area contributed by atoms with Gasteiger partial charge >= 0.3 is 5.97 Å². The highest BCUT2D eigenvalue weighted by Crippen LogP contribution is 2.25. The van der Waals surface area contributed by atoms with Crippen molar-refractivity contribution in [3.63, 3.8) is 0 Å². The number of nitrogens with one attached hydrogen (secondary N) is 1. The third-order valence-electron chi connectivity index (χ3n) is 3.51. The van der Waals surface area contributed by atoms with E-state index in [-0.39, 0.29) is 28.3 Å². The molecule has 0 atom stereocenters. The van der Waals surface area contributed by atoms with E-state index in [0.717, 1.165) is 12.1 Å². The first-order valence-electron chi connectivity index (χ1n) is 7.37. The first-order valence-corrected chi connectivity index (χ1v) is 7.37. The van der Waals surface area contributed by atoms with E-state index < -0.39 is 29.1 Å². The van der Waals surface area contributed by atoms with Crippen LogP contribution in [0.5, 0.6) is 5.75 Å². The highest BCUT2D eigenvalue weighted by atomic mass is 19.1. The summed E-state index contributed by atoms with van der Waals surface area (Å²) in [5.74, 6) is -2.27. The molecule has 0 saturated heterocycles. The number of nitro groups is 1. The molecule has 0 aromatic heterocycles. The zero-order chi connectivity index (χ0) is 19.3. The molecule has 0 amide bonds. The van der Waals surface area contributed by atoms with Crippen LogP contribution < -0.4 is 10.1 Å². The maximum Gasteiger partial charge on any atom is 0.338 e. The number of methoxy groups -OCH3 is 1. The number of ether oxygens (including phenoxy) is 2. The second-order valence-electron chi connectivity index (χ2n) is 5.09. The molecule has 0 saturated carbocycles. The number of Topliss-reactive ketones (excluding diaryl/α,β-unsaturated/α-hetero) is 1. The van der Waals surface area contributed by atoms with Crippen molar-refractivity contribution in [2.75, 3.05) is 26.1 Å². The van der Waals surface area contributed by atoms with E-state index in [1.807, 2.05) is 0 Å². The lowest BCUT2D eigenvalue weighted by Crippen LogP contribution is -2.15. The highest BCUT2D eigenvalue weighted by molar-refractivity contribution is 5.99. The molecular formula is C17H15FN2O6. The van der Waals surface area contributed by atoms with Crippen LogP contribution in [0.25, 0.3) is 0 Å². The number of hydrogen-bond acceptors (Lipinski definition) is 7. The predicted molar refractivity (Wildman–Crippen MR) is 90.2 cm³/mol. The number of benzene rings is 2. The van der Waals surface area contributed by atoms with Gasteiger partial charge < -0.3 is 14.8 Å². The predicted octanol–water partition coefficient (Wildman–Crippen LogP) is 2.82. The minimum absolute atomic E-state index is 0.00705. The van der Waals surface area contributed by atoms with E-state index >= 15 is 0 Å². The lowest BCUT2D eigenvalue weighted by atomic mass is 10.1. The molecule has 0 aliphatic heterocycles. The van der Waals surface area contributed by atoms with Gasteiger partial charge in [0.15, 0.2) is 24.0 Å². The molecule has 2 rings (SSSR count). The molecule has 0 fully saturated rings. The summed E-state index contributed by atoms with van der Waals surface area (Å²) < 4.78 is 23.2. The number of rotatable bonds is 7. The van der Waals surface area contributed by atoms with Gasteiger partial charge in [0, 0.05) is 18.7 Å². The molecule has 26 heavy (non-hydrogen) atoms. The van der Waals surface area contributed by atoms with Gasteiger partial charge in [-0.3, -0.25) is 14.9 Å². The van der Waals surface area contributed by atoms with Gasteiger partial charge in [-0.15, -0.1) is 0 Å². The summed E-state index contributed by atoms with van der Waals surface area (Å²) in [5.41, 5.74) is -0.140. The Morgan fingerprint density at radius 1 is 1.19 bits per heavy atom. The van der Waals surface area contributed by atoms with Crippen LogP contribution in [0.4, 0.5) is 15.8 Å². The van der Waals surface area contributed by atoms with Crippen molar-refractivity contribution < 1.29 is 28.4 Å². The number of ketones is 1. The standard InChI is InChI=1S/C17H15FN2O6/c1-19-13-5-3-11(8-14(13)20(23)24)17(22)26-9-15(21)10-4-6-16(25-2)12(18)7-10/h3-8,19H,9H2,1-2H3. The van der Waals surface area contributed by atoms with Crippen LogP contribution in [0.1, 0.15) is 20.7 Å². The molecular weight excluding hydrogens is 347 g/mol. The lowest BCUT2D eigenvalue weighted by molar-refractivity contribution is -0.384. The Labute approximate surface area is 147 Å². The molecule has 0 aliphatic rings. The van der Waals surface area contributed by atoms with E-state index in [1.165, 1.54) is 38.4 Å². The van der Waals surface area contributed by atoms with E-state index in [2.05, 4.69) is 5.32 Å². The number of halogens is 1. The monoisotopic (exact) mass is 362 g/mol. The summed E-state index contributed by atoms with van der Waals surface area (Å²) in [4.78, 5) is 34.4. The Bertz CT molecular complexity index is 868. The van der Waals surface area contributed by atoms with Crippen molar-refractivity contribution in [2.24, 2.45) is 0 Å². The molecule has 2 aromatic rings. The van der Waals surface area contributed by atoms with Crippen LogP contribution >= 0.6 is 0 Å². The molecule has 0 heterocycles. The van der Waals surface area contributed by atoms with Crippen LogP contribution in [-0.4, -0.2) is 37.4 Å². The minimum atomic E-state index is -0.905. The molecule has 0 spiro atoms. The fourth-order valence-corrected chi connectivity index (χ4v) is 2.16. The number of nitrogens with zero attached hydrogens (tertiary/aromatic N) is 1. The molecule has 9 heteroatoms. The smallest absolute Gasteiger partial charge is 0.338 e. The molecule has 0 radical (unpaired) electrons. The Morgan fingerprint density at radius 3 is 2.46 bits per heavy atom. The SMILES string of the molecule is CNc1ccc(C(=O)OCC(=O)c2ccc(OC)c(F)c2)cc1[N+](=O)[O-]. The molecule has 0 unspecified atom stereocenters. The molecule has 8 nitrogen and oxygen atoms in total. The molecule has 136 valence electrons. The molecule has 0 aliphatic carbocycles. The maximum absolute atomic E-state index is 13.6. The number of hydrogen-bond donors (Lipinski definition) is 1. The fourth-order valence-electron chi connectivity index (χ4n) is 2.16. The Morgan fingerprint density at radius 2 is 1.88 bits per heavy atom. The summed E-state index contributed by atoms with van der Waals surface area (Å²) in [7, 11) is 2.80. The average molecular weight is 362 g/mol. The number of carbonyl (C=O) groups is 2. The van der Waals surface area contributed by atoms with Crippen molar-refractivity contribution in [3.05, 3.63) is 63.5 Å². The van der Waals surface area contributed by atoms with Gasteiger partial charge in [-0.05, 0) is 30.3 Å². The molecule has 2 aromatic carbocycles. The van der Waals surface area contributed by atoms with Gasteiger partial charge in [-0.25, -0.2) is 9.18 Å². The molecule has 0 bridgehead atoms. The Balaban J connectivity index is 2.08. The van der Waals surface area contributed by atoms with Gasteiger partial charge in [0.05, 0.1) is 17.6 Å².